The molecule has 1 spiro atoms. The normalized spacial score (nSPS) is 21.9. The summed E-state index contributed by atoms with van der Waals surface area (Å²) in [5, 5.41) is 22.1. The van der Waals surface area contributed by atoms with E-state index in [9.17, 15) is 23.1 Å². The van der Waals surface area contributed by atoms with E-state index in [4.69, 9.17) is 5.26 Å². The van der Waals surface area contributed by atoms with Crippen molar-refractivity contribution in [1.82, 2.24) is 10.2 Å². The Bertz CT molecular complexity index is 1180. The molecule has 2 heterocycles. The number of phenols is 1. The van der Waals surface area contributed by atoms with Crippen molar-refractivity contribution in [3.8, 4) is 11.8 Å². The third-order valence-electron chi connectivity index (χ3n) is 7.83. The van der Waals surface area contributed by atoms with E-state index in [0.29, 0.717) is 44.7 Å². The standard InChI is InChI=1S/C27H29F3N4O2/c28-27(29,30)23-13-21(7-4-19(23)14-31)34-10-8-26(9-11-34)17-33(15-18-2-1-3-22(35)12-18)16-24(26)25(36)32-20-5-6-20/h1-4,7,12-13,20,24,35H,5-6,8-11,15-17H2,(H,32,36). The second-order valence-corrected chi connectivity index (χ2v) is 10.4. The Balaban J connectivity index is 1.34. The maximum Gasteiger partial charge on any atom is 0.417 e. The Morgan fingerprint density at radius 3 is 2.56 bits per heavy atom. The van der Waals surface area contributed by atoms with Gasteiger partial charge < -0.3 is 15.3 Å². The highest BCUT2D eigenvalue weighted by molar-refractivity contribution is 5.81. The predicted octanol–water partition coefficient (Wildman–Crippen LogP) is 4.28. The summed E-state index contributed by atoms with van der Waals surface area (Å²) < 4.78 is 40.5. The van der Waals surface area contributed by atoms with Gasteiger partial charge in [0, 0.05) is 44.5 Å². The molecule has 36 heavy (non-hydrogen) atoms. The molecule has 5 rings (SSSR count). The Morgan fingerprint density at radius 2 is 1.92 bits per heavy atom. The van der Waals surface area contributed by atoms with Gasteiger partial charge in [0.25, 0.3) is 0 Å². The molecule has 190 valence electrons. The number of likely N-dealkylation sites (tertiary alicyclic amines) is 1. The number of nitrogens with one attached hydrogen (secondary N) is 1. The lowest BCUT2D eigenvalue weighted by molar-refractivity contribution is -0.137. The van der Waals surface area contributed by atoms with E-state index in [-0.39, 0.29) is 34.6 Å². The molecule has 2 N–H and O–H groups in total. The van der Waals surface area contributed by atoms with Crippen LogP contribution in [-0.2, 0) is 17.5 Å². The molecule has 0 radical (unpaired) electrons. The first-order chi connectivity index (χ1) is 17.2. The number of carbonyl (C=O) groups excluding carboxylic acids is 1. The van der Waals surface area contributed by atoms with Crippen LogP contribution < -0.4 is 10.2 Å². The molecule has 1 saturated carbocycles. The number of halogens is 3. The average Bonchev–Trinajstić information content (AvgIpc) is 3.59. The van der Waals surface area contributed by atoms with E-state index in [1.165, 1.54) is 6.07 Å². The van der Waals surface area contributed by atoms with E-state index >= 15 is 0 Å². The highest BCUT2D eigenvalue weighted by Gasteiger charge is 2.51. The van der Waals surface area contributed by atoms with Crippen LogP contribution in [0.25, 0.3) is 0 Å². The predicted molar refractivity (Wildman–Crippen MR) is 128 cm³/mol. The van der Waals surface area contributed by atoms with Gasteiger partial charge in [-0.05, 0) is 67.0 Å². The second-order valence-electron chi connectivity index (χ2n) is 10.4. The Labute approximate surface area is 208 Å². The summed E-state index contributed by atoms with van der Waals surface area (Å²) in [5.41, 5.74) is -0.128. The molecule has 6 nitrogen and oxygen atoms in total. The largest absolute Gasteiger partial charge is 0.508 e. The van der Waals surface area contributed by atoms with E-state index < -0.39 is 11.7 Å². The Hall–Kier alpha value is -3.25. The summed E-state index contributed by atoms with van der Waals surface area (Å²) in [5.74, 6) is 0.0877. The monoisotopic (exact) mass is 498 g/mol. The van der Waals surface area contributed by atoms with Gasteiger partial charge in [-0.25, -0.2) is 0 Å². The van der Waals surface area contributed by atoms with Crippen LogP contribution >= 0.6 is 0 Å². The number of carbonyl (C=O) groups is 1. The number of nitrogens with zero attached hydrogens (tertiary/aromatic N) is 3. The molecule has 0 bridgehead atoms. The first kappa shape index (κ1) is 24.4. The molecule has 3 aliphatic rings. The van der Waals surface area contributed by atoms with Gasteiger partial charge in [0.2, 0.25) is 5.91 Å². The van der Waals surface area contributed by atoms with E-state index in [1.807, 2.05) is 11.0 Å². The molecule has 1 unspecified atom stereocenters. The maximum absolute atomic E-state index is 13.5. The van der Waals surface area contributed by atoms with Crippen molar-refractivity contribution in [3.05, 3.63) is 59.2 Å². The SMILES string of the molecule is N#Cc1ccc(N2CCC3(CC2)CN(Cc2cccc(O)c2)CC3C(=O)NC2CC2)cc1C(F)(F)F. The van der Waals surface area contributed by atoms with Gasteiger partial charge in [0.05, 0.1) is 23.1 Å². The van der Waals surface area contributed by atoms with Gasteiger partial charge in [0.15, 0.2) is 0 Å². The molecular formula is C27H29F3N4O2. The van der Waals surface area contributed by atoms with Gasteiger partial charge in [-0.3, -0.25) is 9.69 Å². The van der Waals surface area contributed by atoms with Crippen LogP contribution in [0.4, 0.5) is 18.9 Å². The van der Waals surface area contributed by atoms with Crippen LogP contribution in [0.5, 0.6) is 5.75 Å². The fraction of sp³-hybridized carbons (Fsp3) is 0.481. The highest BCUT2D eigenvalue weighted by atomic mass is 19.4. The number of aromatic hydroxyl groups is 1. The first-order valence-electron chi connectivity index (χ1n) is 12.3. The average molecular weight is 499 g/mol. The maximum atomic E-state index is 13.5. The number of hydrogen-bond donors (Lipinski definition) is 2. The minimum absolute atomic E-state index is 0.0714. The summed E-state index contributed by atoms with van der Waals surface area (Å²) in [7, 11) is 0. The lowest BCUT2D eigenvalue weighted by atomic mass is 9.70. The lowest BCUT2D eigenvalue weighted by Crippen LogP contribution is -2.48. The number of anilines is 1. The number of benzene rings is 2. The highest BCUT2D eigenvalue weighted by Crippen LogP contribution is 2.47. The number of alkyl halides is 3. The molecule has 2 aromatic rings. The van der Waals surface area contributed by atoms with Crippen LogP contribution in [0.3, 0.4) is 0 Å². The zero-order chi connectivity index (χ0) is 25.5. The van der Waals surface area contributed by atoms with Crippen molar-refractivity contribution in [2.75, 3.05) is 31.1 Å². The topological polar surface area (TPSA) is 79.6 Å². The van der Waals surface area contributed by atoms with E-state index in [0.717, 1.165) is 31.0 Å². The summed E-state index contributed by atoms with van der Waals surface area (Å²) in [4.78, 5) is 17.4. The molecule has 1 amide bonds. The molecule has 1 aliphatic carbocycles. The second kappa shape index (κ2) is 9.32. The summed E-state index contributed by atoms with van der Waals surface area (Å²) in [6.45, 7) is 3.04. The van der Waals surface area contributed by atoms with Crippen LogP contribution in [0.2, 0.25) is 0 Å². The number of phenolic OH excluding ortho intramolecular Hbond substituents is 1. The molecule has 1 atom stereocenters. The van der Waals surface area contributed by atoms with Crippen LogP contribution in [0, 0.1) is 22.7 Å². The molecular weight excluding hydrogens is 469 g/mol. The number of rotatable bonds is 5. The van der Waals surface area contributed by atoms with Crippen LogP contribution in [0.15, 0.2) is 42.5 Å². The van der Waals surface area contributed by atoms with Crippen molar-refractivity contribution in [2.45, 2.75) is 44.4 Å². The molecule has 2 aromatic carbocycles. The molecule has 2 aliphatic heterocycles. The zero-order valence-electron chi connectivity index (χ0n) is 19.9. The van der Waals surface area contributed by atoms with Gasteiger partial charge in [0.1, 0.15) is 5.75 Å². The number of nitriles is 1. The number of hydrogen-bond acceptors (Lipinski definition) is 5. The van der Waals surface area contributed by atoms with Gasteiger partial charge in [-0.15, -0.1) is 0 Å². The lowest BCUT2D eigenvalue weighted by Gasteiger charge is -2.43. The number of piperidine rings is 1. The molecule has 0 aromatic heterocycles. The van der Waals surface area contributed by atoms with Crippen molar-refractivity contribution >= 4 is 11.6 Å². The van der Waals surface area contributed by atoms with Gasteiger partial charge >= 0.3 is 6.18 Å². The molecule has 9 heteroatoms. The first-order valence-corrected chi connectivity index (χ1v) is 12.3. The molecule has 2 saturated heterocycles. The zero-order valence-corrected chi connectivity index (χ0v) is 19.9. The van der Waals surface area contributed by atoms with Gasteiger partial charge in [-0.1, -0.05) is 12.1 Å². The minimum Gasteiger partial charge on any atom is -0.508 e. The third kappa shape index (κ3) is 5.00. The van der Waals surface area contributed by atoms with E-state index in [2.05, 4.69) is 10.2 Å². The Kier molecular flexibility index (Phi) is 6.33. The Morgan fingerprint density at radius 1 is 1.17 bits per heavy atom. The fourth-order valence-electron chi connectivity index (χ4n) is 5.77. The molecule has 3 fully saturated rings. The summed E-state index contributed by atoms with van der Waals surface area (Å²) in [6, 6.07) is 12.9. The summed E-state index contributed by atoms with van der Waals surface area (Å²) >= 11 is 0. The van der Waals surface area contributed by atoms with Crippen molar-refractivity contribution < 1.29 is 23.1 Å². The van der Waals surface area contributed by atoms with Gasteiger partial charge in [-0.2, -0.15) is 18.4 Å². The van der Waals surface area contributed by atoms with E-state index in [1.54, 1.807) is 30.3 Å². The third-order valence-corrected chi connectivity index (χ3v) is 7.83. The fourth-order valence-corrected chi connectivity index (χ4v) is 5.77. The van der Waals surface area contributed by atoms with Crippen LogP contribution in [0.1, 0.15) is 42.4 Å². The van der Waals surface area contributed by atoms with Crippen LogP contribution in [-0.4, -0.2) is 48.1 Å². The van der Waals surface area contributed by atoms with Crippen molar-refractivity contribution in [3.63, 3.8) is 0 Å². The van der Waals surface area contributed by atoms with Crippen molar-refractivity contribution in [2.24, 2.45) is 11.3 Å². The minimum atomic E-state index is -4.60. The smallest absolute Gasteiger partial charge is 0.417 e. The number of amides is 1. The van der Waals surface area contributed by atoms with Crippen molar-refractivity contribution in [1.29, 1.82) is 5.26 Å². The quantitative estimate of drug-likeness (QED) is 0.644. The summed E-state index contributed by atoms with van der Waals surface area (Å²) in [6.07, 6.45) is -1.21.